The molecule has 3 aromatic rings. The molecule has 0 atom stereocenters. The quantitative estimate of drug-likeness (QED) is 0.728. The Kier molecular flexibility index (Phi) is 3.95. The number of furan rings is 1. The van der Waals surface area contributed by atoms with Crippen molar-refractivity contribution >= 4 is 5.91 Å². The number of rotatable bonds is 2. The van der Waals surface area contributed by atoms with Gasteiger partial charge in [-0.3, -0.25) is 14.7 Å². The van der Waals surface area contributed by atoms with Crippen LogP contribution in [0.2, 0.25) is 0 Å². The van der Waals surface area contributed by atoms with Gasteiger partial charge in [-0.05, 0) is 32.4 Å². The van der Waals surface area contributed by atoms with Crippen molar-refractivity contribution in [2.24, 2.45) is 0 Å². The van der Waals surface area contributed by atoms with Crippen LogP contribution in [-0.4, -0.2) is 44.1 Å². The molecule has 8 heteroatoms. The molecule has 134 valence electrons. The lowest BCUT2D eigenvalue weighted by Gasteiger charge is -2.18. The summed E-state index contributed by atoms with van der Waals surface area (Å²) in [4.78, 5) is 33.8. The van der Waals surface area contributed by atoms with E-state index in [-0.39, 0.29) is 11.5 Å². The summed E-state index contributed by atoms with van der Waals surface area (Å²) < 4.78 is 5.55. The van der Waals surface area contributed by atoms with Gasteiger partial charge < -0.3 is 14.3 Å². The lowest BCUT2D eigenvalue weighted by atomic mass is 10.1. The first-order chi connectivity index (χ1) is 12.5. The minimum absolute atomic E-state index is 0.114. The molecule has 0 saturated carbocycles. The zero-order valence-electron chi connectivity index (χ0n) is 14.6. The summed E-state index contributed by atoms with van der Waals surface area (Å²) in [6.07, 6.45) is 1.04. The summed E-state index contributed by atoms with van der Waals surface area (Å²) >= 11 is 0. The molecule has 1 aliphatic rings. The van der Waals surface area contributed by atoms with Gasteiger partial charge in [-0.25, -0.2) is 4.98 Å². The van der Waals surface area contributed by atoms with Crippen molar-refractivity contribution in [3.8, 4) is 11.5 Å². The predicted molar refractivity (Wildman–Crippen MR) is 93.9 cm³/mol. The molecule has 0 unspecified atom stereocenters. The molecule has 0 bridgehead atoms. The van der Waals surface area contributed by atoms with Gasteiger partial charge in [0, 0.05) is 31.1 Å². The SMILES string of the molecule is Cc1nc2c(c(=O)[nH]1)CCN(C(=O)c1cc(-c3ccc(C)o3)[nH]n1)CC2. The van der Waals surface area contributed by atoms with E-state index in [4.69, 9.17) is 4.42 Å². The molecule has 26 heavy (non-hydrogen) atoms. The number of aromatic amines is 2. The predicted octanol–water partition coefficient (Wildman–Crippen LogP) is 1.61. The average molecular weight is 353 g/mol. The summed E-state index contributed by atoms with van der Waals surface area (Å²) in [5.41, 5.74) is 2.32. The van der Waals surface area contributed by atoms with Gasteiger partial charge in [0.05, 0.1) is 5.69 Å². The molecule has 4 rings (SSSR count). The Labute approximate surface area is 149 Å². The van der Waals surface area contributed by atoms with Crippen LogP contribution in [0.4, 0.5) is 0 Å². The number of hydrogen-bond donors (Lipinski definition) is 2. The number of carbonyl (C=O) groups is 1. The van der Waals surface area contributed by atoms with E-state index in [1.54, 1.807) is 17.9 Å². The Balaban J connectivity index is 1.54. The van der Waals surface area contributed by atoms with Crippen molar-refractivity contribution in [2.75, 3.05) is 13.1 Å². The fraction of sp³-hybridized carbons (Fsp3) is 0.333. The molecule has 0 aliphatic carbocycles. The van der Waals surface area contributed by atoms with Crippen molar-refractivity contribution in [3.05, 3.63) is 57.1 Å². The van der Waals surface area contributed by atoms with E-state index in [1.807, 2.05) is 19.1 Å². The van der Waals surface area contributed by atoms with Gasteiger partial charge in [-0.2, -0.15) is 5.10 Å². The van der Waals surface area contributed by atoms with Crippen molar-refractivity contribution in [1.29, 1.82) is 0 Å². The number of aromatic nitrogens is 4. The van der Waals surface area contributed by atoms with E-state index in [9.17, 15) is 9.59 Å². The summed E-state index contributed by atoms with van der Waals surface area (Å²) in [7, 11) is 0. The van der Waals surface area contributed by atoms with E-state index in [0.717, 1.165) is 11.5 Å². The van der Waals surface area contributed by atoms with E-state index in [0.29, 0.717) is 54.5 Å². The van der Waals surface area contributed by atoms with Gasteiger partial charge in [0.1, 0.15) is 17.3 Å². The molecule has 4 heterocycles. The number of nitrogens with zero attached hydrogens (tertiary/aromatic N) is 3. The third-order valence-corrected chi connectivity index (χ3v) is 4.56. The molecule has 0 saturated heterocycles. The van der Waals surface area contributed by atoms with Crippen LogP contribution < -0.4 is 5.56 Å². The van der Waals surface area contributed by atoms with Crippen molar-refractivity contribution in [3.63, 3.8) is 0 Å². The smallest absolute Gasteiger partial charge is 0.274 e. The molecule has 8 nitrogen and oxygen atoms in total. The topological polar surface area (TPSA) is 108 Å². The summed E-state index contributed by atoms with van der Waals surface area (Å²) in [6.45, 7) is 4.58. The van der Waals surface area contributed by atoms with Gasteiger partial charge in [-0.15, -0.1) is 0 Å². The second kappa shape index (κ2) is 6.29. The number of aryl methyl sites for hydroxylation is 2. The van der Waals surface area contributed by atoms with E-state index in [2.05, 4.69) is 20.2 Å². The highest BCUT2D eigenvalue weighted by molar-refractivity contribution is 5.93. The monoisotopic (exact) mass is 353 g/mol. The standard InChI is InChI=1S/C18H19N5O3/c1-10-3-4-16(26-10)14-9-15(22-21-14)18(25)23-7-5-12-13(6-8-23)19-11(2)20-17(12)24/h3-4,9H,5-8H2,1-2H3,(H,21,22)(H,19,20,24). The summed E-state index contributed by atoms with van der Waals surface area (Å²) in [5.74, 6) is 1.86. The Morgan fingerprint density at radius 1 is 1.23 bits per heavy atom. The van der Waals surface area contributed by atoms with E-state index >= 15 is 0 Å². The van der Waals surface area contributed by atoms with Crippen molar-refractivity contribution in [1.82, 2.24) is 25.1 Å². The highest BCUT2D eigenvalue weighted by Gasteiger charge is 2.24. The number of hydrogen-bond acceptors (Lipinski definition) is 5. The highest BCUT2D eigenvalue weighted by atomic mass is 16.3. The van der Waals surface area contributed by atoms with Crippen LogP contribution in [0.3, 0.4) is 0 Å². The fourth-order valence-electron chi connectivity index (χ4n) is 3.23. The number of carbonyl (C=O) groups excluding carboxylic acids is 1. The van der Waals surface area contributed by atoms with Gasteiger partial charge in [0.2, 0.25) is 0 Å². The molecule has 0 fully saturated rings. The Morgan fingerprint density at radius 3 is 2.81 bits per heavy atom. The van der Waals surface area contributed by atoms with Gasteiger partial charge in [0.15, 0.2) is 11.5 Å². The molecular formula is C18H19N5O3. The molecule has 0 radical (unpaired) electrons. The van der Waals surface area contributed by atoms with Crippen LogP contribution in [0.1, 0.15) is 33.3 Å². The molecular weight excluding hydrogens is 334 g/mol. The third-order valence-electron chi connectivity index (χ3n) is 4.56. The Hall–Kier alpha value is -3.16. The molecule has 1 aliphatic heterocycles. The van der Waals surface area contributed by atoms with Crippen LogP contribution in [0.15, 0.2) is 27.4 Å². The van der Waals surface area contributed by atoms with Gasteiger partial charge >= 0.3 is 0 Å². The number of amides is 1. The normalized spacial score (nSPS) is 14.2. The summed E-state index contributed by atoms with van der Waals surface area (Å²) in [6, 6.07) is 5.38. The molecule has 1 amide bonds. The van der Waals surface area contributed by atoms with Gasteiger partial charge in [0.25, 0.3) is 11.5 Å². The molecule has 0 spiro atoms. The zero-order chi connectivity index (χ0) is 18.3. The second-order valence-electron chi connectivity index (χ2n) is 6.45. The third kappa shape index (κ3) is 2.94. The zero-order valence-corrected chi connectivity index (χ0v) is 14.6. The number of fused-ring (bicyclic) bond motifs is 1. The lowest BCUT2D eigenvalue weighted by molar-refractivity contribution is 0.0757. The van der Waals surface area contributed by atoms with Crippen molar-refractivity contribution < 1.29 is 9.21 Å². The first kappa shape index (κ1) is 16.3. The van der Waals surface area contributed by atoms with E-state index in [1.165, 1.54) is 0 Å². The van der Waals surface area contributed by atoms with Crippen LogP contribution in [-0.2, 0) is 12.8 Å². The van der Waals surface area contributed by atoms with Crippen LogP contribution in [0, 0.1) is 13.8 Å². The summed E-state index contributed by atoms with van der Waals surface area (Å²) in [5, 5.41) is 6.97. The minimum Gasteiger partial charge on any atom is -0.460 e. The maximum absolute atomic E-state index is 12.8. The fourth-order valence-corrected chi connectivity index (χ4v) is 3.23. The Morgan fingerprint density at radius 2 is 2.04 bits per heavy atom. The molecule has 0 aromatic carbocycles. The van der Waals surface area contributed by atoms with Gasteiger partial charge in [-0.1, -0.05) is 0 Å². The largest absolute Gasteiger partial charge is 0.460 e. The highest BCUT2D eigenvalue weighted by Crippen LogP contribution is 2.21. The first-order valence-corrected chi connectivity index (χ1v) is 8.51. The van der Waals surface area contributed by atoms with Crippen LogP contribution in [0.25, 0.3) is 11.5 Å². The minimum atomic E-state index is -0.170. The maximum Gasteiger partial charge on any atom is 0.274 e. The molecule has 3 aromatic heterocycles. The second-order valence-corrected chi connectivity index (χ2v) is 6.45. The molecule has 2 N–H and O–H groups in total. The van der Waals surface area contributed by atoms with Crippen LogP contribution >= 0.6 is 0 Å². The number of nitrogens with one attached hydrogen (secondary N) is 2. The lowest BCUT2D eigenvalue weighted by Crippen LogP contribution is -2.33. The maximum atomic E-state index is 12.8. The van der Waals surface area contributed by atoms with Crippen LogP contribution in [0.5, 0.6) is 0 Å². The number of H-pyrrole nitrogens is 2. The van der Waals surface area contributed by atoms with Crippen molar-refractivity contribution in [2.45, 2.75) is 26.7 Å². The first-order valence-electron chi connectivity index (χ1n) is 8.51. The average Bonchev–Trinajstić information content (AvgIpc) is 3.19. The van der Waals surface area contributed by atoms with E-state index < -0.39 is 0 Å². The Bertz CT molecular complexity index is 1030.